The number of H-pyrrole nitrogens is 1. The summed E-state index contributed by atoms with van der Waals surface area (Å²) in [4.78, 5) is 11.7. The monoisotopic (exact) mass is 223 g/mol. The van der Waals surface area contributed by atoms with Gasteiger partial charge in [-0.05, 0) is 13.8 Å². The van der Waals surface area contributed by atoms with Gasteiger partial charge in [-0.3, -0.25) is 9.89 Å². The minimum atomic E-state index is -0.327. The minimum absolute atomic E-state index is 0.186. The SMILES string of the molecule is Cc1n[nH]c(C)c1NC(=O)C1=COCCO1. The Morgan fingerprint density at radius 1 is 1.50 bits per heavy atom. The first kappa shape index (κ1) is 10.5. The Hall–Kier alpha value is -1.98. The first-order chi connectivity index (χ1) is 7.68. The minimum Gasteiger partial charge on any atom is -0.494 e. The fourth-order valence-electron chi connectivity index (χ4n) is 1.40. The van der Waals surface area contributed by atoms with E-state index >= 15 is 0 Å². The van der Waals surface area contributed by atoms with E-state index in [0.717, 1.165) is 11.4 Å². The van der Waals surface area contributed by atoms with Crippen molar-refractivity contribution in [2.75, 3.05) is 18.5 Å². The van der Waals surface area contributed by atoms with E-state index in [0.29, 0.717) is 18.9 Å². The summed E-state index contributed by atoms with van der Waals surface area (Å²) in [7, 11) is 0. The van der Waals surface area contributed by atoms with Crippen molar-refractivity contribution in [2.24, 2.45) is 0 Å². The molecule has 2 rings (SSSR count). The molecule has 6 heteroatoms. The van der Waals surface area contributed by atoms with Crippen molar-refractivity contribution in [3.8, 4) is 0 Å². The Morgan fingerprint density at radius 3 is 2.88 bits per heavy atom. The van der Waals surface area contributed by atoms with E-state index < -0.39 is 0 Å². The van der Waals surface area contributed by atoms with Crippen LogP contribution in [-0.2, 0) is 14.3 Å². The van der Waals surface area contributed by atoms with Crippen LogP contribution in [0.25, 0.3) is 0 Å². The molecule has 0 spiro atoms. The molecule has 1 aliphatic rings. The van der Waals surface area contributed by atoms with Gasteiger partial charge in [0, 0.05) is 0 Å². The number of hydrogen-bond acceptors (Lipinski definition) is 4. The molecule has 0 saturated heterocycles. The second kappa shape index (κ2) is 4.26. The smallest absolute Gasteiger partial charge is 0.294 e. The van der Waals surface area contributed by atoms with E-state index in [1.165, 1.54) is 6.26 Å². The van der Waals surface area contributed by atoms with E-state index in [1.807, 2.05) is 13.8 Å². The molecule has 0 fully saturated rings. The summed E-state index contributed by atoms with van der Waals surface area (Å²) in [6, 6.07) is 0. The molecule has 0 aliphatic carbocycles. The van der Waals surface area contributed by atoms with Crippen LogP contribution in [0.5, 0.6) is 0 Å². The number of aromatic amines is 1. The number of ether oxygens (including phenoxy) is 2. The van der Waals surface area contributed by atoms with Gasteiger partial charge in [-0.25, -0.2) is 0 Å². The number of amides is 1. The predicted octanol–water partition coefficient (Wildman–Crippen LogP) is 0.853. The number of anilines is 1. The summed E-state index contributed by atoms with van der Waals surface area (Å²) < 4.78 is 10.2. The zero-order valence-corrected chi connectivity index (χ0v) is 9.16. The van der Waals surface area contributed by atoms with Gasteiger partial charge in [0.2, 0.25) is 5.76 Å². The quantitative estimate of drug-likeness (QED) is 0.779. The van der Waals surface area contributed by atoms with Crippen LogP contribution >= 0.6 is 0 Å². The third-order valence-electron chi connectivity index (χ3n) is 2.24. The van der Waals surface area contributed by atoms with Gasteiger partial charge < -0.3 is 14.8 Å². The van der Waals surface area contributed by atoms with Crippen molar-refractivity contribution in [1.29, 1.82) is 0 Å². The van der Waals surface area contributed by atoms with Crippen molar-refractivity contribution in [3.05, 3.63) is 23.4 Å². The lowest BCUT2D eigenvalue weighted by atomic mass is 10.3. The normalized spacial score (nSPS) is 14.8. The standard InChI is InChI=1S/C10H13N3O3/c1-6-9(7(2)13-12-6)11-10(14)8-5-15-3-4-16-8/h5H,3-4H2,1-2H3,(H,11,14)(H,12,13). The van der Waals surface area contributed by atoms with Gasteiger partial charge >= 0.3 is 0 Å². The van der Waals surface area contributed by atoms with Gasteiger partial charge in [-0.1, -0.05) is 0 Å². The summed E-state index contributed by atoms with van der Waals surface area (Å²) in [6.07, 6.45) is 1.32. The molecule has 86 valence electrons. The zero-order valence-electron chi connectivity index (χ0n) is 9.16. The second-order valence-corrected chi connectivity index (χ2v) is 3.46. The Bertz CT molecular complexity index is 417. The molecule has 0 saturated carbocycles. The number of carbonyl (C=O) groups excluding carboxylic acids is 1. The molecule has 16 heavy (non-hydrogen) atoms. The topological polar surface area (TPSA) is 76.2 Å². The average molecular weight is 223 g/mol. The highest BCUT2D eigenvalue weighted by molar-refractivity contribution is 6.02. The van der Waals surface area contributed by atoms with Crippen molar-refractivity contribution < 1.29 is 14.3 Å². The van der Waals surface area contributed by atoms with Gasteiger partial charge in [-0.2, -0.15) is 5.10 Å². The van der Waals surface area contributed by atoms with Gasteiger partial charge in [0.05, 0.1) is 17.1 Å². The molecule has 1 amide bonds. The highest BCUT2D eigenvalue weighted by Crippen LogP contribution is 2.17. The van der Waals surface area contributed by atoms with Crippen LogP contribution in [0.3, 0.4) is 0 Å². The maximum atomic E-state index is 11.7. The number of hydrogen-bond donors (Lipinski definition) is 2. The molecule has 1 aromatic heterocycles. The summed E-state index contributed by atoms with van der Waals surface area (Å²) in [6.45, 7) is 4.51. The van der Waals surface area contributed by atoms with Gasteiger partial charge in [0.15, 0.2) is 0 Å². The van der Waals surface area contributed by atoms with Crippen LogP contribution in [0.15, 0.2) is 12.0 Å². The predicted molar refractivity (Wildman–Crippen MR) is 56.7 cm³/mol. The van der Waals surface area contributed by atoms with Crippen LogP contribution < -0.4 is 5.32 Å². The van der Waals surface area contributed by atoms with Gasteiger partial charge in [-0.15, -0.1) is 0 Å². The molecule has 0 unspecified atom stereocenters. The number of aryl methyl sites for hydroxylation is 2. The zero-order chi connectivity index (χ0) is 11.5. The van der Waals surface area contributed by atoms with E-state index in [2.05, 4.69) is 15.5 Å². The molecule has 1 aromatic rings. The lowest BCUT2D eigenvalue weighted by molar-refractivity contribution is -0.117. The maximum absolute atomic E-state index is 11.7. The molecular weight excluding hydrogens is 210 g/mol. The average Bonchev–Trinajstić information content (AvgIpc) is 2.62. The third kappa shape index (κ3) is 2.00. The van der Waals surface area contributed by atoms with E-state index in [9.17, 15) is 4.79 Å². The van der Waals surface area contributed by atoms with Crippen molar-refractivity contribution in [1.82, 2.24) is 10.2 Å². The fourth-order valence-corrected chi connectivity index (χ4v) is 1.40. The second-order valence-electron chi connectivity index (χ2n) is 3.46. The number of nitrogens with zero attached hydrogens (tertiary/aromatic N) is 1. The third-order valence-corrected chi connectivity index (χ3v) is 2.24. The Balaban J connectivity index is 2.10. The Morgan fingerprint density at radius 2 is 2.31 bits per heavy atom. The summed E-state index contributed by atoms with van der Waals surface area (Å²) in [5, 5.41) is 9.49. The van der Waals surface area contributed by atoms with Crippen LogP contribution in [0.4, 0.5) is 5.69 Å². The van der Waals surface area contributed by atoms with Crippen LogP contribution in [0.2, 0.25) is 0 Å². The molecular formula is C10H13N3O3. The Kier molecular flexibility index (Phi) is 2.80. The lowest BCUT2D eigenvalue weighted by Crippen LogP contribution is -2.21. The van der Waals surface area contributed by atoms with Crippen LogP contribution in [0.1, 0.15) is 11.4 Å². The first-order valence-electron chi connectivity index (χ1n) is 4.96. The van der Waals surface area contributed by atoms with E-state index in [4.69, 9.17) is 9.47 Å². The number of carbonyl (C=O) groups is 1. The Labute approximate surface area is 92.6 Å². The van der Waals surface area contributed by atoms with Crippen molar-refractivity contribution in [2.45, 2.75) is 13.8 Å². The molecule has 0 radical (unpaired) electrons. The van der Waals surface area contributed by atoms with Crippen LogP contribution in [-0.4, -0.2) is 29.3 Å². The maximum Gasteiger partial charge on any atom is 0.294 e. The summed E-state index contributed by atoms with van der Waals surface area (Å²) in [5.41, 5.74) is 2.23. The highest BCUT2D eigenvalue weighted by Gasteiger charge is 2.17. The van der Waals surface area contributed by atoms with E-state index in [-0.39, 0.29) is 11.7 Å². The van der Waals surface area contributed by atoms with Gasteiger partial charge in [0.1, 0.15) is 19.5 Å². The number of nitrogens with one attached hydrogen (secondary N) is 2. The number of rotatable bonds is 2. The number of aromatic nitrogens is 2. The summed E-state index contributed by atoms with van der Waals surface area (Å²) >= 11 is 0. The molecule has 6 nitrogen and oxygen atoms in total. The van der Waals surface area contributed by atoms with Crippen LogP contribution in [0, 0.1) is 13.8 Å². The molecule has 0 bridgehead atoms. The molecule has 0 atom stereocenters. The lowest BCUT2D eigenvalue weighted by Gasteiger charge is -2.14. The summed E-state index contributed by atoms with van der Waals surface area (Å²) in [5.74, 6) is -0.140. The first-order valence-corrected chi connectivity index (χ1v) is 4.96. The van der Waals surface area contributed by atoms with Crippen molar-refractivity contribution >= 4 is 11.6 Å². The largest absolute Gasteiger partial charge is 0.494 e. The molecule has 2 N–H and O–H groups in total. The highest BCUT2D eigenvalue weighted by atomic mass is 16.6. The van der Waals surface area contributed by atoms with Crippen molar-refractivity contribution in [3.63, 3.8) is 0 Å². The van der Waals surface area contributed by atoms with E-state index in [1.54, 1.807) is 0 Å². The molecule has 0 aromatic carbocycles. The fraction of sp³-hybridized carbons (Fsp3) is 0.400. The van der Waals surface area contributed by atoms with Gasteiger partial charge in [0.25, 0.3) is 5.91 Å². The molecule has 1 aliphatic heterocycles. The molecule has 2 heterocycles.